The van der Waals surface area contributed by atoms with Crippen LogP contribution in [0.2, 0.25) is 0 Å². The highest BCUT2D eigenvalue weighted by Crippen LogP contribution is 2.52. The minimum absolute atomic E-state index is 0.0110. The molecule has 0 unspecified atom stereocenters. The number of hydrogen-bond donors (Lipinski definition) is 0. The maximum absolute atomic E-state index is 5.33. The zero-order valence-electron chi connectivity index (χ0n) is 34.1. The molecule has 6 rings (SSSR count). The lowest BCUT2D eigenvalue weighted by Crippen LogP contribution is -2.35. The van der Waals surface area contributed by atoms with Gasteiger partial charge < -0.3 is 0 Å². The summed E-state index contributed by atoms with van der Waals surface area (Å²) in [6.07, 6.45) is 4.63. The molecule has 1 heterocycles. The Bertz CT molecular complexity index is 2240. The smallest absolute Gasteiger partial charge is 0.0740 e. The number of aromatic nitrogens is 1. The third-order valence-corrected chi connectivity index (χ3v) is 13.3. The molecule has 4 aromatic carbocycles. The van der Waals surface area contributed by atoms with E-state index in [1.807, 2.05) is 0 Å². The van der Waals surface area contributed by atoms with Gasteiger partial charge in [-0.3, -0.25) is 4.98 Å². The number of pyridine rings is 1. The molecular weight excluding hydrogens is 591 g/mol. The summed E-state index contributed by atoms with van der Waals surface area (Å²) in [5, 5.41) is 5.45. The van der Waals surface area contributed by atoms with Crippen molar-refractivity contribution in [1.82, 2.24) is 4.98 Å². The first-order valence-electron chi connectivity index (χ1n) is 18.6. The van der Waals surface area contributed by atoms with Crippen LogP contribution in [0.4, 0.5) is 0 Å². The molecule has 0 saturated heterocycles. The van der Waals surface area contributed by atoms with E-state index >= 15 is 0 Å². The number of nitrogens with zero attached hydrogens (tertiary/aromatic N) is 1. The molecule has 49 heavy (non-hydrogen) atoms. The van der Waals surface area contributed by atoms with Crippen molar-refractivity contribution in [2.45, 2.75) is 154 Å². The zero-order chi connectivity index (χ0) is 36.4. The second kappa shape index (κ2) is 11.3. The van der Waals surface area contributed by atoms with E-state index in [9.17, 15) is 0 Å². The first-order chi connectivity index (χ1) is 22.5. The molecule has 0 radical (unpaired) electrons. The lowest BCUT2D eigenvalue weighted by Gasteiger charge is -2.44. The zero-order valence-corrected chi connectivity index (χ0v) is 34.1. The largest absolute Gasteiger partial charge is 0.255 e. The van der Waals surface area contributed by atoms with E-state index < -0.39 is 0 Å². The number of rotatable bonds is 2. The standard InChI is InChI=1S/C48H61N/c1-24-21-35(31(8)44-42(24)47(15,16)19-20-48(44,17)18)39-30(7)28(5)38-23-49-45(34(11)40(38)33(39)10)37-22-36-27(4)25(2)26(3)29(6)41(36)43(32(37)9)46(12,13)14/h21-23H,19-20H2,1-18H3. The summed E-state index contributed by atoms with van der Waals surface area (Å²) in [6, 6.07) is 4.99. The van der Waals surface area contributed by atoms with E-state index in [0.29, 0.717) is 0 Å². The first kappa shape index (κ1) is 35.4. The Morgan fingerprint density at radius 3 is 1.65 bits per heavy atom. The van der Waals surface area contributed by atoms with Crippen molar-refractivity contribution in [3.05, 3.63) is 96.2 Å². The summed E-state index contributed by atoms with van der Waals surface area (Å²) >= 11 is 0. The highest BCUT2D eigenvalue weighted by Gasteiger charge is 2.40. The average Bonchev–Trinajstić information content (AvgIpc) is 3.00. The summed E-state index contributed by atoms with van der Waals surface area (Å²) in [7, 11) is 0. The average molecular weight is 652 g/mol. The summed E-state index contributed by atoms with van der Waals surface area (Å²) < 4.78 is 0. The molecule has 1 aliphatic rings. The van der Waals surface area contributed by atoms with E-state index in [1.165, 1.54) is 118 Å². The van der Waals surface area contributed by atoms with Gasteiger partial charge in [0.15, 0.2) is 0 Å². The van der Waals surface area contributed by atoms with E-state index in [2.05, 4.69) is 143 Å². The van der Waals surface area contributed by atoms with E-state index in [0.717, 1.165) is 5.69 Å². The lowest BCUT2D eigenvalue weighted by atomic mass is 9.60. The molecule has 1 aromatic heterocycles. The Morgan fingerprint density at radius 1 is 0.510 bits per heavy atom. The predicted octanol–water partition coefficient (Wildman–Crippen LogP) is 13.8. The van der Waals surface area contributed by atoms with Gasteiger partial charge in [-0.25, -0.2) is 0 Å². The van der Waals surface area contributed by atoms with Crippen molar-refractivity contribution in [3.8, 4) is 22.4 Å². The summed E-state index contributed by atoms with van der Waals surface area (Å²) in [5.41, 5.74) is 25.4. The summed E-state index contributed by atoms with van der Waals surface area (Å²) in [4.78, 5) is 5.33. The van der Waals surface area contributed by atoms with Gasteiger partial charge in [-0.1, -0.05) is 54.5 Å². The lowest BCUT2D eigenvalue weighted by molar-refractivity contribution is 0.329. The van der Waals surface area contributed by atoms with Crippen LogP contribution < -0.4 is 0 Å². The summed E-state index contributed by atoms with van der Waals surface area (Å²) in [6.45, 7) is 42.6. The molecule has 0 bridgehead atoms. The topological polar surface area (TPSA) is 12.9 Å². The Kier molecular flexibility index (Phi) is 8.14. The molecule has 258 valence electrons. The van der Waals surface area contributed by atoms with E-state index in [1.54, 1.807) is 11.1 Å². The van der Waals surface area contributed by atoms with Gasteiger partial charge in [-0.15, -0.1) is 0 Å². The van der Waals surface area contributed by atoms with Gasteiger partial charge >= 0.3 is 0 Å². The molecule has 0 aliphatic heterocycles. The Labute approximate surface area is 298 Å². The van der Waals surface area contributed by atoms with E-state index in [-0.39, 0.29) is 16.2 Å². The SMILES string of the molecule is Cc1cc(-c2c(C)c(C)c3cnc(-c4cc5c(C)c(C)c(C)c(C)c5c(C(C)(C)C)c4C)c(C)c3c2C)c(C)c2c1C(C)(C)CCC2(C)C. The van der Waals surface area contributed by atoms with Crippen LogP contribution >= 0.6 is 0 Å². The number of aryl methyl sites for hydroxylation is 6. The summed E-state index contributed by atoms with van der Waals surface area (Å²) in [5.74, 6) is 0. The van der Waals surface area contributed by atoms with Crippen LogP contribution in [0.15, 0.2) is 18.3 Å². The molecule has 0 amide bonds. The van der Waals surface area contributed by atoms with Crippen LogP contribution in [-0.2, 0) is 16.2 Å². The number of fused-ring (bicyclic) bond motifs is 3. The number of hydrogen-bond acceptors (Lipinski definition) is 1. The van der Waals surface area contributed by atoms with Gasteiger partial charge in [0.05, 0.1) is 5.69 Å². The van der Waals surface area contributed by atoms with Crippen LogP contribution in [0.5, 0.6) is 0 Å². The van der Waals surface area contributed by atoms with Gasteiger partial charge in [0.1, 0.15) is 0 Å². The molecule has 5 aromatic rings. The van der Waals surface area contributed by atoms with Crippen molar-refractivity contribution >= 4 is 21.5 Å². The monoisotopic (exact) mass is 651 g/mol. The fraction of sp³-hybridized carbons (Fsp3) is 0.479. The minimum Gasteiger partial charge on any atom is -0.255 e. The van der Waals surface area contributed by atoms with Crippen molar-refractivity contribution in [1.29, 1.82) is 0 Å². The Hall–Kier alpha value is -3.45. The Balaban J connectivity index is 1.72. The molecule has 0 atom stereocenters. The minimum atomic E-state index is -0.0110. The van der Waals surface area contributed by atoms with Gasteiger partial charge in [0.2, 0.25) is 0 Å². The van der Waals surface area contributed by atoms with Crippen molar-refractivity contribution in [2.75, 3.05) is 0 Å². The molecular formula is C48H61N. The highest BCUT2D eigenvalue weighted by atomic mass is 14.7. The maximum Gasteiger partial charge on any atom is 0.0740 e. The third kappa shape index (κ3) is 5.04. The van der Waals surface area contributed by atoms with Gasteiger partial charge in [0.25, 0.3) is 0 Å². The van der Waals surface area contributed by atoms with Crippen LogP contribution in [-0.4, -0.2) is 4.98 Å². The third-order valence-electron chi connectivity index (χ3n) is 13.3. The second-order valence-corrected chi connectivity index (χ2v) is 18.3. The van der Waals surface area contributed by atoms with Crippen molar-refractivity contribution in [3.63, 3.8) is 0 Å². The maximum atomic E-state index is 5.33. The highest BCUT2D eigenvalue weighted by molar-refractivity contribution is 6.03. The molecule has 1 heteroatoms. The van der Waals surface area contributed by atoms with Gasteiger partial charge in [-0.05, 0) is 216 Å². The second-order valence-electron chi connectivity index (χ2n) is 18.3. The first-order valence-corrected chi connectivity index (χ1v) is 18.6. The normalized spacial score (nSPS) is 15.7. The molecule has 0 N–H and O–H groups in total. The fourth-order valence-electron chi connectivity index (χ4n) is 10.2. The van der Waals surface area contributed by atoms with Crippen molar-refractivity contribution < 1.29 is 0 Å². The molecule has 0 saturated carbocycles. The van der Waals surface area contributed by atoms with Crippen molar-refractivity contribution in [2.24, 2.45) is 0 Å². The number of benzene rings is 4. The predicted molar refractivity (Wildman–Crippen MR) is 216 cm³/mol. The van der Waals surface area contributed by atoms with Gasteiger partial charge in [-0.2, -0.15) is 0 Å². The molecule has 0 fully saturated rings. The van der Waals surface area contributed by atoms with Crippen LogP contribution in [0.3, 0.4) is 0 Å². The Morgan fingerprint density at radius 2 is 1.06 bits per heavy atom. The fourth-order valence-corrected chi connectivity index (χ4v) is 10.2. The van der Waals surface area contributed by atoms with Crippen LogP contribution in [0.1, 0.15) is 139 Å². The molecule has 1 aliphatic carbocycles. The van der Waals surface area contributed by atoms with Gasteiger partial charge in [0, 0.05) is 17.1 Å². The van der Waals surface area contributed by atoms with E-state index in [4.69, 9.17) is 4.98 Å². The van der Waals surface area contributed by atoms with Crippen LogP contribution in [0, 0.1) is 76.2 Å². The quantitative estimate of drug-likeness (QED) is 0.185. The van der Waals surface area contributed by atoms with Crippen LogP contribution in [0.25, 0.3) is 43.9 Å². The molecule has 0 spiro atoms. The molecule has 1 nitrogen and oxygen atoms in total.